The summed E-state index contributed by atoms with van der Waals surface area (Å²) in [4.78, 5) is 16.2. The van der Waals surface area contributed by atoms with Crippen molar-refractivity contribution in [2.24, 2.45) is 10.8 Å². The molecule has 0 spiro atoms. The zero-order valence-corrected chi connectivity index (χ0v) is 24.4. The van der Waals surface area contributed by atoms with Crippen molar-refractivity contribution in [3.05, 3.63) is 53.6 Å². The summed E-state index contributed by atoms with van der Waals surface area (Å²) in [6, 6.07) is 14.2. The lowest BCUT2D eigenvalue weighted by Crippen LogP contribution is -2.43. The Bertz CT molecular complexity index is 995. The molecule has 1 aliphatic heterocycles. The molecule has 7 heteroatoms. The molecule has 0 saturated carbocycles. The van der Waals surface area contributed by atoms with Gasteiger partial charge in [0.1, 0.15) is 0 Å². The number of hydrogen-bond acceptors (Lipinski definition) is 5. The van der Waals surface area contributed by atoms with E-state index in [2.05, 4.69) is 58.1 Å². The minimum Gasteiger partial charge on any atom is -0.493 e. The van der Waals surface area contributed by atoms with Crippen LogP contribution in [-0.4, -0.2) is 53.8 Å². The molecule has 0 aromatic heterocycles. The van der Waals surface area contributed by atoms with Crippen molar-refractivity contribution in [3.63, 3.8) is 0 Å². The van der Waals surface area contributed by atoms with Gasteiger partial charge in [0.05, 0.1) is 32.8 Å². The Labute approximate surface area is 218 Å². The number of benzene rings is 2. The van der Waals surface area contributed by atoms with Crippen molar-refractivity contribution < 1.29 is 23.4 Å². The summed E-state index contributed by atoms with van der Waals surface area (Å²) in [6.07, 6.45) is 2.27. The Morgan fingerprint density at radius 2 is 1.58 bits per heavy atom. The van der Waals surface area contributed by atoms with Gasteiger partial charge in [0.15, 0.2) is 20.5 Å². The summed E-state index contributed by atoms with van der Waals surface area (Å²) in [5.74, 6) is 1.94. The first-order valence-electron chi connectivity index (χ1n) is 12.8. The van der Waals surface area contributed by atoms with Crippen LogP contribution in [0, 0.1) is 10.8 Å². The van der Waals surface area contributed by atoms with Crippen LogP contribution < -0.4 is 14.2 Å². The van der Waals surface area contributed by atoms with Gasteiger partial charge in [-0.05, 0) is 61.0 Å². The second kappa shape index (κ2) is 11.7. The number of ether oxygens (including phenoxy) is 3. The van der Waals surface area contributed by atoms with Crippen LogP contribution in [0.15, 0.2) is 42.5 Å². The molecule has 1 fully saturated rings. The van der Waals surface area contributed by atoms with Gasteiger partial charge >= 0.3 is 0 Å². The van der Waals surface area contributed by atoms with Gasteiger partial charge in [-0.3, -0.25) is 4.79 Å². The molecule has 0 aliphatic carbocycles. The maximum absolute atomic E-state index is 14.2. The van der Waals surface area contributed by atoms with Gasteiger partial charge in [0.2, 0.25) is 11.7 Å². The third kappa shape index (κ3) is 6.43. The second-order valence-corrected chi connectivity index (χ2v) is 13.6. The van der Waals surface area contributed by atoms with E-state index in [4.69, 9.17) is 18.6 Å². The fourth-order valence-electron chi connectivity index (χ4n) is 5.14. The SMILES string of the molecule is COc1cc(CN2CCC(Cc3ccccc3)(CC(O[SiH](C)C)C(C)(C)C)C2=O)cc(OC)c1OC. The number of amides is 1. The highest BCUT2D eigenvalue weighted by molar-refractivity contribution is 6.48. The highest BCUT2D eigenvalue weighted by Crippen LogP contribution is 2.45. The zero-order chi connectivity index (χ0) is 26.5. The number of rotatable bonds is 11. The molecule has 0 bridgehead atoms. The molecule has 6 nitrogen and oxygen atoms in total. The van der Waals surface area contributed by atoms with Crippen LogP contribution in [-0.2, 0) is 22.2 Å². The highest BCUT2D eigenvalue weighted by atomic mass is 28.3. The molecular formula is C29H43NO5Si. The van der Waals surface area contributed by atoms with E-state index in [1.807, 2.05) is 23.1 Å². The van der Waals surface area contributed by atoms with E-state index in [0.29, 0.717) is 36.8 Å². The average molecular weight is 514 g/mol. The van der Waals surface area contributed by atoms with Crippen molar-refractivity contribution in [2.75, 3.05) is 27.9 Å². The van der Waals surface area contributed by atoms with E-state index in [1.54, 1.807) is 21.3 Å². The Balaban J connectivity index is 1.94. The van der Waals surface area contributed by atoms with Crippen molar-refractivity contribution in [2.45, 2.75) is 65.8 Å². The standard InChI is InChI=1S/C29H43NO5Si/c1-28(2,3)25(35-36(7)8)19-29(18-21-12-10-9-11-13-21)14-15-30(27(29)31)20-22-16-23(32-4)26(34-6)24(17-22)33-5/h9-13,16-17,25,36H,14-15,18-20H2,1-8H3. The number of nitrogens with zero attached hydrogens (tertiary/aromatic N) is 1. The topological polar surface area (TPSA) is 57.2 Å². The molecule has 1 aliphatic rings. The first kappa shape index (κ1) is 28.1. The normalized spacial score (nSPS) is 19.0. The van der Waals surface area contributed by atoms with Crippen molar-refractivity contribution in [1.82, 2.24) is 4.90 Å². The fraction of sp³-hybridized carbons (Fsp3) is 0.552. The largest absolute Gasteiger partial charge is 0.493 e. The second-order valence-electron chi connectivity index (χ2n) is 11.2. The van der Waals surface area contributed by atoms with E-state index in [1.165, 1.54) is 5.56 Å². The van der Waals surface area contributed by atoms with Crippen LogP contribution in [0.1, 0.15) is 44.7 Å². The number of carbonyl (C=O) groups excluding carboxylic acids is 1. The summed E-state index contributed by atoms with van der Waals surface area (Å²) >= 11 is 0. The highest BCUT2D eigenvalue weighted by Gasteiger charge is 2.49. The van der Waals surface area contributed by atoms with Crippen molar-refractivity contribution in [1.29, 1.82) is 0 Å². The summed E-state index contributed by atoms with van der Waals surface area (Å²) in [5, 5.41) is 0. The predicted octanol–water partition coefficient (Wildman–Crippen LogP) is 5.48. The fourth-order valence-corrected chi connectivity index (χ4v) is 6.31. The molecule has 2 atom stereocenters. The van der Waals surface area contributed by atoms with Crippen LogP contribution in [0.25, 0.3) is 0 Å². The maximum atomic E-state index is 14.2. The van der Waals surface area contributed by atoms with E-state index < -0.39 is 14.5 Å². The monoisotopic (exact) mass is 513 g/mol. The van der Waals surface area contributed by atoms with E-state index in [-0.39, 0.29) is 17.4 Å². The molecule has 2 unspecified atom stereocenters. The van der Waals surface area contributed by atoms with Crippen molar-refractivity contribution in [3.8, 4) is 17.2 Å². The van der Waals surface area contributed by atoms with Crippen LogP contribution in [0.3, 0.4) is 0 Å². The van der Waals surface area contributed by atoms with Gasteiger partial charge in [-0.15, -0.1) is 0 Å². The Morgan fingerprint density at radius 3 is 2.08 bits per heavy atom. The Hall–Kier alpha value is -2.51. The van der Waals surface area contributed by atoms with Gasteiger partial charge < -0.3 is 23.5 Å². The third-order valence-electron chi connectivity index (χ3n) is 7.06. The predicted molar refractivity (Wildman–Crippen MR) is 147 cm³/mol. The number of methoxy groups -OCH3 is 3. The molecular weight excluding hydrogens is 470 g/mol. The molecule has 1 amide bonds. The number of hydrogen-bond donors (Lipinski definition) is 0. The molecule has 1 saturated heterocycles. The molecule has 0 radical (unpaired) electrons. The smallest absolute Gasteiger partial charge is 0.229 e. The summed E-state index contributed by atoms with van der Waals surface area (Å²) in [5.41, 5.74) is 1.59. The zero-order valence-electron chi connectivity index (χ0n) is 23.2. The lowest BCUT2D eigenvalue weighted by atomic mass is 9.71. The summed E-state index contributed by atoms with van der Waals surface area (Å²) in [7, 11) is 3.52. The molecule has 0 N–H and O–H groups in total. The minimum atomic E-state index is -1.29. The molecule has 1 heterocycles. The lowest BCUT2D eigenvalue weighted by Gasteiger charge is -2.39. The van der Waals surface area contributed by atoms with Gasteiger partial charge in [-0.25, -0.2) is 0 Å². The van der Waals surface area contributed by atoms with Gasteiger partial charge in [-0.1, -0.05) is 51.1 Å². The maximum Gasteiger partial charge on any atom is 0.229 e. The van der Waals surface area contributed by atoms with E-state index in [9.17, 15) is 4.79 Å². The third-order valence-corrected chi connectivity index (χ3v) is 7.94. The number of carbonyl (C=O) groups is 1. The van der Waals surface area contributed by atoms with E-state index in [0.717, 1.165) is 18.4 Å². The Kier molecular flexibility index (Phi) is 9.11. The minimum absolute atomic E-state index is 0.0259. The summed E-state index contributed by atoms with van der Waals surface area (Å²) < 4.78 is 23.1. The van der Waals surface area contributed by atoms with Crippen LogP contribution in [0.2, 0.25) is 13.1 Å². The van der Waals surface area contributed by atoms with Gasteiger partial charge in [0.25, 0.3) is 0 Å². The van der Waals surface area contributed by atoms with Crippen LogP contribution in [0.4, 0.5) is 0 Å². The molecule has 198 valence electrons. The quantitative estimate of drug-likeness (QED) is 0.373. The van der Waals surface area contributed by atoms with E-state index >= 15 is 0 Å². The molecule has 2 aromatic rings. The average Bonchev–Trinajstić information content (AvgIpc) is 3.12. The number of likely N-dealkylation sites (tertiary alicyclic amines) is 1. The molecule has 36 heavy (non-hydrogen) atoms. The lowest BCUT2D eigenvalue weighted by molar-refractivity contribution is -0.138. The molecule has 2 aromatic carbocycles. The molecule has 3 rings (SSSR count). The first-order valence-corrected chi connectivity index (χ1v) is 15.6. The van der Waals surface area contributed by atoms with Gasteiger partial charge in [-0.2, -0.15) is 0 Å². The first-order chi connectivity index (χ1) is 17.0. The van der Waals surface area contributed by atoms with Gasteiger partial charge in [0, 0.05) is 13.1 Å². The van der Waals surface area contributed by atoms with Crippen molar-refractivity contribution >= 4 is 14.9 Å². The van der Waals surface area contributed by atoms with Crippen LogP contribution >= 0.6 is 0 Å². The van der Waals surface area contributed by atoms with Crippen LogP contribution in [0.5, 0.6) is 17.2 Å². The Morgan fingerprint density at radius 1 is 0.972 bits per heavy atom. The summed E-state index contributed by atoms with van der Waals surface area (Å²) in [6.45, 7) is 12.3.